The summed E-state index contributed by atoms with van der Waals surface area (Å²) >= 11 is 0. The predicted octanol–water partition coefficient (Wildman–Crippen LogP) is 2.53. The molecule has 0 fully saturated rings. The Labute approximate surface area is 138 Å². The van der Waals surface area contributed by atoms with Gasteiger partial charge >= 0.3 is 11.9 Å². The molecule has 0 aliphatic heterocycles. The number of carbonyl (C=O) groups excluding carboxylic acids is 3. The molecular weight excluding hydrogens is 312 g/mol. The quantitative estimate of drug-likeness (QED) is 0.515. The van der Waals surface area contributed by atoms with Crippen LogP contribution in [0.2, 0.25) is 0 Å². The predicted molar refractivity (Wildman–Crippen MR) is 85.1 cm³/mol. The lowest BCUT2D eigenvalue weighted by Gasteiger charge is -2.12. The molecule has 6 nitrogen and oxygen atoms in total. The second-order valence-electron chi connectivity index (χ2n) is 5.03. The smallest absolute Gasteiger partial charge is 0.347 e. The van der Waals surface area contributed by atoms with Crippen molar-refractivity contribution in [3.8, 4) is 11.5 Å². The van der Waals surface area contributed by atoms with Crippen LogP contribution in [-0.4, -0.2) is 22.8 Å². The van der Waals surface area contributed by atoms with Gasteiger partial charge in [-0.2, -0.15) is 0 Å². The van der Waals surface area contributed by atoms with Crippen LogP contribution in [0.1, 0.15) is 40.1 Å². The number of aliphatic hydroxyl groups is 1. The summed E-state index contributed by atoms with van der Waals surface area (Å²) in [6.07, 6.45) is 0. The van der Waals surface area contributed by atoms with Crippen molar-refractivity contribution in [3.05, 3.63) is 59.2 Å². The van der Waals surface area contributed by atoms with Gasteiger partial charge in [-0.05, 0) is 36.8 Å². The summed E-state index contributed by atoms with van der Waals surface area (Å²) in [4.78, 5) is 35.4. The molecule has 1 N–H and O–H groups in total. The molecule has 0 radical (unpaired) electrons. The molecule has 0 aromatic heterocycles. The van der Waals surface area contributed by atoms with Crippen LogP contribution in [-0.2, 0) is 11.4 Å². The molecule has 24 heavy (non-hydrogen) atoms. The van der Waals surface area contributed by atoms with Gasteiger partial charge in [-0.3, -0.25) is 9.59 Å². The Morgan fingerprint density at radius 2 is 1.62 bits per heavy atom. The Bertz CT molecular complexity index is 794. The molecule has 0 saturated carbocycles. The first-order chi connectivity index (χ1) is 11.4. The molecular formula is C18H16O6. The van der Waals surface area contributed by atoms with Crippen molar-refractivity contribution in [1.29, 1.82) is 0 Å². The number of carbonyl (C=O) groups is 3. The average molecular weight is 328 g/mol. The maximum absolute atomic E-state index is 12.4. The molecule has 0 aliphatic carbocycles. The van der Waals surface area contributed by atoms with E-state index in [9.17, 15) is 14.4 Å². The van der Waals surface area contributed by atoms with Crippen LogP contribution in [0.4, 0.5) is 0 Å². The average Bonchev–Trinajstić information content (AvgIpc) is 2.54. The molecule has 0 spiro atoms. The summed E-state index contributed by atoms with van der Waals surface area (Å²) in [5.74, 6) is -1.66. The number of Topliss-reactive ketones (excluding diaryl/α,β-unsaturated/α-hetero) is 1. The van der Waals surface area contributed by atoms with E-state index in [1.807, 2.05) is 0 Å². The third-order valence-electron chi connectivity index (χ3n) is 3.15. The second-order valence-corrected chi connectivity index (χ2v) is 5.03. The Kier molecular flexibility index (Phi) is 5.44. The molecule has 0 bridgehead atoms. The van der Waals surface area contributed by atoms with Crippen LogP contribution in [0, 0.1) is 0 Å². The number of ketones is 1. The number of para-hydroxylation sites is 1. The maximum atomic E-state index is 12.4. The van der Waals surface area contributed by atoms with Crippen molar-refractivity contribution < 1.29 is 29.0 Å². The Hall–Kier alpha value is -2.99. The minimum atomic E-state index is -0.774. The first kappa shape index (κ1) is 17.4. The maximum Gasteiger partial charge on any atom is 0.347 e. The standard InChI is InChI=1S/C18H16O6/c1-11(20)15-7-4-8-16(17(15)23-12(2)21)18(22)24-14-6-3-5-13(9-14)10-19/h3-9,19H,10H2,1-2H3. The minimum Gasteiger partial charge on any atom is -0.425 e. The van der Waals surface area contributed by atoms with Crippen LogP contribution in [0.5, 0.6) is 11.5 Å². The lowest BCUT2D eigenvalue weighted by Crippen LogP contribution is -2.15. The van der Waals surface area contributed by atoms with Crippen molar-refractivity contribution in [2.45, 2.75) is 20.5 Å². The van der Waals surface area contributed by atoms with Gasteiger partial charge in [0.2, 0.25) is 0 Å². The molecule has 0 amide bonds. The van der Waals surface area contributed by atoms with E-state index < -0.39 is 11.9 Å². The van der Waals surface area contributed by atoms with E-state index in [-0.39, 0.29) is 35.0 Å². The number of hydrogen-bond donors (Lipinski definition) is 1. The Morgan fingerprint density at radius 3 is 2.25 bits per heavy atom. The lowest BCUT2D eigenvalue weighted by molar-refractivity contribution is -0.131. The normalized spacial score (nSPS) is 10.1. The summed E-state index contributed by atoms with van der Waals surface area (Å²) in [6, 6.07) is 10.7. The number of rotatable bonds is 5. The first-order valence-corrected chi connectivity index (χ1v) is 7.16. The largest absolute Gasteiger partial charge is 0.425 e. The molecule has 124 valence electrons. The second kappa shape index (κ2) is 7.52. The van der Waals surface area contributed by atoms with E-state index in [0.717, 1.165) is 0 Å². The third kappa shape index (κ3) is 4.05. The number of aliphatic hydroxyl groups excluding tert-OH is 1. The van der Waals surface area contributed by atoms with Crippen molar-refractivity contribution in [2.75, 3.05) is 0 Å². The summed E-state index contributed by atoms with van der Waals surface area (Å²) in [5, 5.41) is 9.12. The van der Waals surface area contributed by atoms with E-state index in [1.165, 1.54) is 38.1 Å². The minimum absolute atomic E-state index is 0.0349. The molecule has 0 atom stereocenters. The fourth-order valence-electron chi connectivity index (χ4n) is 2.10. The van der Waals surface area contributed by atoms with Crippen LogP contribution in [0.3, 0.4) is 0 Å². The molecule has 0 saturated heterocycles. The summed E-state index contributed by atoms with van der Waals surface area (Å²) in [5.41, 5.74) is 0.661. The van der Waals surface area contributed by atoms with Gasteiger partial charge in [-0.1, -0.05) is 18.2 Å². The van der Waals surface area contributed by atoms with E-state index in [2.05, 4.69) is 0 Å². The zero-order valence-corrected chi connectivity index (χ0v) is 13.2. The van der Waals surface area contributed by atoms with Crippen LogP contribution in [0.15, 0.2) is 42.5 Å². The highest BCUT2D eigenvalue weighted by Gasteiger charge is 2.21. The van der Waals surface area contributed by atoms with Crippen LogP contribution in [0.25, 0.3) is 0 Å². The molecule has 2 rings (SSSR count). The first-order valence-electron chi connectivity index (χ1n) is 7.16. The number of hydrogen-bond acceptors (Lipinski definition) is 6. The summed E-state index contributed by atoms with van der Waals surface area (Å²) in [6.45, 7) is 2.29. The summed E-state index contributed by atoms with van der Waals surface area (Å²) in [7, 11) is 0. The Balaban J connectivity index is 2.39. The van der Waals surface area contributed by atoms with E-state index in [1.54, 1.807) is 18.2 Å². The van der Waals surface area contributed by atoms with Crippen molar-refractivity contribution in [2.24, 2.45) is 0 Å². The van der Waals surface area contributed by atoms with E-state index in [4.69, 9.17) is 14.6 Å². The zero-order valence-electron chi connectivity index (χ0n) is 13.2. The monoisotopic (exact) mass is 328 g/mol. The van der Waals surface area contributed by atoms with E-state index in [0.29, 0.717) is 5.56 Å². The van der Waals surface area contributed by atoms with Gasteiger partial charge in [-0.15, -0.1) is 0 Å². The van der Waals surface area contributed by atoms with Gasteiger partial charge in [-0.25, -0.2) is 4.79 Å². The number of benzene rings is 2. The van der Waals surface area contributed by atoms with Gasteiger partial charge < -0.3 is 14.6 Å². The molecule has 2 aromatic carbocycles. The Morgan fingerprint density at radius 1 is 0.958 bits per heavy atom. The van der Waals surface area contributed by atoms with Crippen molar-refractivity contribution in [1.82, 2.24) is 0 Å². The van der Waals surface area contributed by atoms with Gasteiger partial charge in [0.1, 0.15) is 11.3 Å². The van der Waals surface area contributed by atoms with Crippen LogP contribution < -0.4 is 9.47 Å². The molecule has 0 aliphatic rings. The fraction of sp³-hybridized carbons (Fsp3) is 0.167. The molecule has 0 unspecified atom stereocenters. The fourth-order valence-corrected chi connectivity index (χ4v) is 2.10. The number of ether oxygens (including phenoxy) is 2. The number of esters is 2. The molecule has 2 aromatic rings. The molecule has 0 heterocycles. The molecule has 6 heteroatoms. The lowest BCUT2D eigenvalue weighted by atomic mass is 10.1. The SMILES string of the molecule is CC(=O)Oc1c(C(C)=O)cccc1C(=O)Oc1cccc(CO)c1. The van der Waals surface area contributed by atoms with Crippen molar-refractivity contribution >= 4 is 17.7 Å². The van der Waals surface area contributed by atoms with Gasteiger partial charge in [0.15, 0.2) is 11.5 Å². The topological polar surface area (TPSA) is 89.9 Å². The summed E-state index contributed by atoms with van der Waals surface area (Å²) < 4.78 is 10.3. The highest BCUT2D eigenvalue weighted by molar-refractivity contribution is 6.03. The highest BCUT2D eigenvalue weighted by Crippen LogP contribution is 2.27. The van der Waals surface area contributed by atoms with Gasteiger partial charge in [0.25, 0.3) is 0 Å². The van der Waals surface area contributed by atoms with Gasteiger partial charge in [0.05, 0.1) is 12.2 Å². The van der Waals surface area contributed by atoms with Crippen LogP contribution >= 0.6 is 0 Å². The van der Waals surface area contributed by atoms with Crippen molar-refractivity contribution in [3.63, 3.8) is 0 Å². The van der Waals surface area contributed by atoms with E-state index >= 15 is 0 Å². The highest BCUT2D eigenvalue weighted by atomic mass is 16.5. The zero-order chi connectivity index (χ0) is 17.7. The van der Waals surface area contributed by atoms with Gasteiger partial charge in [0, 0.05) is 6.92 Å². The third-order valence-corrected chi connectivity index (χ3v) is 3.15.